The summed E-state index contributed by atoms with van der Waals surface area (Å²) in [7, 11) is 1.80. The molecule has 0 aliphatic carbocycles. The smallest absolute Gasteiger partial charge is 0.191 e. The molecule has 1 atom stereocenters. The van der Waals surface area contributed by atoms with Gasteiger partial charge >= 0.3 is 0 Å². The van der Waals surface area contributed by atoms with Crippen molar-refractivity contribution in [1.82, 2.24) is 15.6 Å². The molecular weight excluding hydrogens is 489 g/mol. The average Bonchev–Trinajstić information content (AvgIpc) is 3.34. The Morgan fingerprint density at radius 3 is 3.00 bits per heavy atom. The predicted molar refractivity (Wildman–Crippen MR) is 124 cm³/mol. The standard InChI is InChI=1S/C20H24ClN5O.HI/c1-22-20(24-10-14-4-5-15-12-27-13-16(15)9-14)25-17-6-8-26(11-17)19-18(21)3-2-7-23-19;/h2-5,7,9,17H,6,8,10-13H2,1H3,(H2,22,24,25);1H. The number of anilines is 1. The maximum atomic E-state index is 6.27. The summed E-state index contributed by atoms with van der Waals surface area (Å²) in [4.78, 5) is 11.0. The molecule has 2 aliphatic rings. The van der Waals surface area contributed by atoms with Crippen molar-refractivity contribution in [3.63, 3.8) is 0 Å². The number of hydrogen-bond acceptors (Lipinski definition) is 4. The van der Waals surface area contributed by atoms with Gasteiger partial charge in [-0.25, -0.2) is 4.98 Å². The molecule has 0 amide bonds. The van der Waals surface area contributed by atoms with Crippen LogP contribution in [-0.2, 0) is 24.5 Å². The third kappa shape index (κ3) is 4.87. The summed E-state index contributed by atoms with van der Waals surface area (Å²) >= 11 is 6.27. The molecule has 1 saturated heterocycles. The number of pyridine rings is 1. The number of nitrogens with zero attached hydrogens (tertiary/aromatic N) is 3. The quantitative estimate of drug-likeness (QED) is 0.373. The SMILES string of the molecule is CN=C(NCc1ccc2c(c1)COC2)NC1CCN(c2ncccc2Cl)C1.I. The minimum absolute atomic E-state index is 0. The molecule has 150 valence electrons. The first-order valence-corrected chi connectivity index (χ1v) is 9.62. The van der Waals surface area contributed by atoms with E-state index >= 15 is 0 Å². The minimum atomic E-state index is 0. The monoisotopic (exact) mass is 513 g/mol. The number of benzene rings is 1. The van der Waals surface area contributed by atoms with E-state index in [1.54, 1.807) is 13.2 Å². The van der Waals surface area contributed by atoms with Crippen molar-refractivity contribution in [2.24, 2.45) is 4.99 Å². The van der Waals surface area contributed by atoms with Gasteiger partial charge in [0.1, 0.15) is 5.82 Å². The van der Waals surface area contributed by atoms with Crippen LogP contribution in [0.3, 0.4) is 0 Å². The molecule has 0 bridgehead atoms. The lowest BCUT2D eigenvalue weighted by Crippen LogP contribution is -2.44. The minimum Gasteiger partial charge on any atom is -0.372 e. The van der Waals surface area contributed by atoms with Gasteiger partial charge < -0.3 is 20.3 Å². The molecule has 2 aliphatic heterocycles. The number of fused-ring (bicyclic) bond motifs is 1. The zero-order valence-electron chi connectivity index (χ0n) is 15.8. The zero-order valence-corrected chi connectivity index (χ0v) is 18.9. The van der Waals surface area contributed by atoms with E-state index in [0.717, 1.165) is 44.4 Å². The fraction of sp³-hybridized carbons (Fsp3) is 0.400. The van der Waals surface area contributed by atoms with Crippen LogP contribution in [0, 0.1) is 0 Å². The third-order valence-electron chi connectivity index (χ3n) is 5.04. The van der Waals surface area contributed by atoms with Crippen molar-refractivity contribution in [3.05, 3.63) is 58.2 Å². The molecule has 1 aromatic heterocycles. The van der Waals surface area contributed by atoms with E-state index in [-0.39, 0.29) is 24.0 Å². The Bertz CT molecular complexity index is 847. The number of halogens is 2. The lowest BCUT2D eigenvalue weighted by atomic mass is 10.1. The van der Waals surface area contributed by atoms with Gasteiger partial charge in [0.2, 0.25) is 0 Å². The van der Waals surface area contributed by atoms with Crippen LogP contribution < -0.4 is 15.5 Å². The van der Waals surface area contributed by atoms with Gasteiger partial charge in [0, 0.05) is 38.9 Å². The van der Waals surface area contributed by atoms with Crippen LogP contribution in [0.4, 0.5) is 5.82 Å². The van der Waals surface area contributed by atoms with Gasteiger partial charge in [-0.05, 0) is 35.2 Å². The van der Waals surface area contributed by atoms with Gasteiger partial charge in [0.15, 0.2) is 5.96 Å². The number of aromatic nitrogens is 1. The normalized spacial score (nSPS) is 18.6. The number of nitrogens with one attached hydrogen (secondary N) is 2. The van der Waals surface area contributed by atoms with E-state index in [1.165, 1.54) is 16.7 Å². The van der Waals surface area contributed by atoms with E-state index in [0.29, 0.717) is 17.7 Å². The molecule has 0 saturated carbocycles. The van der Waals surface area contributed by atoms with E-state index in [1.807, 2.05) is 12.1 Å². The molecule has 4 rings (SSSR count). The van der Waals surface area contributed by atoms with Crippen LogP contribution >= 0.6 is 35.6 Å². The van der Waals surface area contributed by atoms with Gasteiger partial charge in [-0.3, -0.25) is 4.99 Å². The Morgan fingerprint density at radius 1 is 1.32 bits per heavy atom. The van der Waals surface area contributed by atoms with E-state index in [9.17, 15) is 0 Å². The molecule has 0 spiro atoms. The lowest BCUT2D eigenvalue weighted by Gasteiger charge is -2.20. The van der Waals surface area contributed by atoms with Crippen molar-refractivity contribution in [2.75, 3.05) is 25.0 Å². The van der Waals surface area contributed by atoms with Gasteiger partial charge in [0.05, 0.1) is 18.2 Å². The summed E-state index contributed by atoms with van der Waals surface area (Å²) in [6.07, 6.45) is 2.80. The first kappa shape index (κ1) is 21.1. The van der Waals surface area contributed by atoms with Gasteiger partial charge in [-0.1, -0.05) is 29.8 Å². The van der Waals surface area contributed by atoms with E-state index in [4.69, 9.17) is 16.3 Å². The summed E-state index contributed by atoms with van der Waals surface area (Å²) in [5.41, 5.74) is 3.81. The Morgan fingerprint density at radius 2 is 2.18 bits per heavy atom. The summed E-state index contributed by atoms with van der Waals surface area (Å²) in [6, 6.07) is 10.6. The second-order valence-corrected chi connectivity index (χ2v) is 7.31. The van der Waals surface area contributed by atoms with E-state index < -0.39 is 0 Å². The average molecular weight is 514 g/mol. The molecule has 2 N–H and O–H groups in total. The molecule has 1 aromatic carbocycles. The molecule has 28 heavy (non-hydrogen) atoms. The fourth-order valence-electron chi connectivity index (χ4n) is 3.59. The van der Waals surface area contributed by atoms with Crippen LogP contribution in [0.5, 0.6) is 0 Å². The van der Waals surface area contributed by atoms with Crippen molar-refractivity contribution in [2.45, 2.75) is 32.2 Å². The summed E-state index contributed by atoms with van der Waals surface area (Å²) in [5, 5.41) is 7.61. The summed E-state index contributed by atoms with van der Waals surface area (Å²) < 4.78 is 5.48. The van der Waals surface area contributed by atoms with Crippen molar-refractivity contribution in [3.8, 4) is 0 Å². The van der Waals surface area contributed by atoms with Crippen LogP contribution in [-0.4, -0.2) is 37.1 Å². The van der Waals surface area contributed by atoms with Gasteiger partial charge in [-0.2, -0.15) is 0 Å². The summed E-state index contributed by atoms with van der Waals surface area (Å²) in [6.45, 7) is 3.95. The number of rotatable bonds is 4. The topological polar surface area (TPSA) is 61.8 Å². The maximum Gasteiger partial charge on any atom is 0.191 e. The van der Waals surface area contributed by atoms with Gasteiger partial charge in [-0.15, -0.1) is 24.0 Å². The highest BCUT2D eigenvalue weighted by molar-refractivity contribution is 14.0. The summed E-state index contributed by atoms with van der Waals surface area (Å²) in [5.74, 6) is 1.66. The highest BCUT2D eigenvalue weighted by atomic mass is 127. The largest absolute Gasteiger partial charge is 0.372 e. The first-order valence-electron chi connectivity index (χ1n) is 9.24. The third-order valence-corrected chi connectivity index (χ3v) is 5.33. The highest BCUT2D eigenvalue weighted by Gasteiger charge is 2.25. The number of guanidine groups is 1. The molecule has 8 heteroatoms. The van der Waals surface area contributed by atoms with E-state index in [2.05, 4.69) is 43.7 Å². The van der Waals surface area contributed by atoms with Gasteiger partial charge in [0.25, 0.3) is 0 Å². The number of ether oxygens (including phenoxy) is 1. The van der Waals surface area contributed by atoms with Crippen LogP contribution in [0.25, 0.3) is 0 Å². The molecule has 0 radical (unpaired) electrons. The first-order chi connectivity index (χ1) is 13.2. The molecule has 3 heterocycles. The Hall–Kier alpha value is -1.58. The lowest BCUT2D eigenvalue weighted by molar-refractivity contribution is 0.134. The molecule has 2 aromatic rings. The van der Waals surface area contributed by atoms with Crippen molar-refractivity contribution in [1.29, 1.82) is 0 Å². The van der Waals surface area contributed by atoms with Crippen LogP contribution in [0.2, 0.25) is 5.02 Å². The molecule has 1 fully saturated rings. The zero-order chi connectivity index (χ0) is 18.6. The highest BCUT2D eigenvalue weighted by Crippen LogP contribution is 2.25. The Labute approximate surface area is 187 Å². The Kier molecular flexibility index (Phi) is 7.36. The molecule has 1 unspecified atom stereocenters. The number of aliphatic imine (C=N–C) groups is 1. The second kappa shape index (κ2) is 9.76. The fourth-order valence-corrected chi connectivity index (χ4v) is 3.83. The maximum absolute atomic E-state index is 6.27. The molecule has 6 nitrogen and oxygen atoms in total. The molecular formula is C20H25ClIN5O. The predicted octanol–water partition coefficient (Wildman–Crippen LogP) is 3.33. The van der Waals surface area contributed by atoms with Crippen LogP contribution in [0.1, 0.15) is 23.1 Å². The number of hydrogen-bond donors (Lipinski definition) is 2. The van der Waals surface area contributed by atoms with Crippen molar-refractivity contribution < 1.29 is 4.74 Å². The second-order valence-electron chi connectivity index (χ2n) is 6.91. The Balaban J connectivity index is 0.00000225. The van der Waals surface area contributed by atoms with Crippen molar-refractivity contribution >= 4 is 47.4 Å². The van der Waals surface area contributed by atoms with Crippen LogP contribution in [0.15, 0.2) is 41.5 Å².